The van der Waals surface area contributed by atoms with Gasteiger partial charge in [-0.1, -0.05) is 0 Å². The molecule has 14 heavy (non-hydrogen) atoms. The molecule has 0 atom stereocenters. The van der Waals surface area contributed by atoms with Gasteiger partial charge >= 0.3 is 0 Å². The molecule has 0 unspecified atom stereocenters. The molecule has 0 spiro atoms. The lowest BCUT2D eigenvalue weighted by Gasteiger charge is -2.01. The van der Waals surface area contributed by atoms with E-state index in [1.54, 1.807) is 31.7 Å². The van der Waals surface area contributed by atoms with Crippen molar-refractivity contribution in [2.45, 2.75) is 0 Å². The van der Waals surface area contributed by atoms with Crippen molar-refractivity contribution in [1.82, 2.24) is 14.8 Å². The van der Waals surface area contributed by atoms with Crippen LogP contribution in [0.25, 0.3) is 11.1 Å². The maximum atomic E-state index is 11.1. The monoisotopic (exact) mass is 187 g/mol. The van der Waals surface area contributed by atoms with E-state index < -0.39 is 0 Å². The van der Waals surface area contributed by atoms with E-state index in [1.165, 1.54) is 10.6 Å². The predicted molar refractivity (Wildman–Crippen MR) is 52.7 cm³/mol. The first-order chi connectivity index (χ1) is 6.77. The lowest BCUT2D eigenvalue weighted by atomic mass is 10.1. The third-order valence-electron chi connectivity index (χ3n) is 2.00. The molecule has 0 saturated carbocycles. The van der Waals surface area contributed by atoms with Gasteiger partial charge < -0.3 is 4.57 Å². The standard InChI is InChI=1S/C10H9N3O/c1-13-7-9(2-3-10(13)14)8-4-5-11-12-6-8/h2-7H,1H3. The maximum Gasteiger partial charge on any atom is 0.250 e. The Kier molecular flexibility index (Phi) is 2.10. The van der Waals surface area contributed by atoms with Gasteiger partial charge in [0.2, 0.25) is 5.56 Å². The quantitative estimate of drug-likeness (QED) is 0.664. The number of hydrogen-bond acceptors (Lipinski definition) is 3. The molecule has 4 nitrogen and oxygen atoms in total. The molecule has 0 bridgehead atoms. The number of aromatic nitrogens is 3. The smallest absolute Gasteiger partial charge is 0.250 e. The van der Waals surface area contributed by atoms with E-state index in [1.807, 2.05) is 6.07 Å². The SMILES string of the molecule is Cn1cc(-c2ccnnc2)ccc1=O. The van der Waals surface area contributed by atoms with Gasteiger partial charge in [-0.25, -0.2) is 0 Å². The van der Waals surface area contributed by atoms with Crippen molar-refractivity contribution < 1.29 is 0 Å². The second kappa shape index (κ2) is 3.41. The Morgan fingerprint density at radius 3 is 2.64 bits per heavy atom. The van der Waals surface area contributed by atoms with Crippen molar-refractivity contribution in [1.29, 1.82) is 0 Å². The zero-order valence-corrected chi connectivity index (χ0v) is 7.71. The third kappa shape index (κ3) is 1.54. The predicted octanol–water partition coefficient (Wildman–Crippen LogP) is 0.842. The number of nitrogens with zero attached hydrogens (tertiary/aromatic N) is 3. The number of rotatable bonds is 1. The molecule has 70 valence electrons. The second-order valence-electron chi connectivity index (χ2n) is 3.00. The van der Waals surface area contributed by atoms with Gasteiger partial charge in [-0.3, -0.25) is 4.79 Å². The maximum absolute atomic E-state index is 11.1. The Morgan fingerprint density at radius 1 is 1.14 bits per heavy atom. The van der Waals surface area contributed by atoms with Crippen LogP contribution in [-0.4, -0.2) is 14.8 Å². The molecule has 0 amide bonds. The van der Waals surface area contributed by atoms with E-state index in [2.05, 4.69) is 10.2 Å². The summed E-state index contributed by atoms with van der Waals surface area (Å²) < 4.78 is 1.54. The van der Waals surface area contributed by atoms with Gasteiger partial charge in [0.05, 0.1) is 12.4 Å². The second-order valence-corrected chi connectivity index (χ2v) is 3.00. The fourth-order valence-electron chi connectivity index (χ4n) is 1.23. The molecule has 2 rings (SSSR count). The number of aryl methyl sites for hydroxylation is 1. The Balaban J connectivity index is 2.54. The molecule has 0 radical (unpaired) electrons. The topological polar surface area (TPSA) is 47.8 Å². The van der Waals surface area contributed by atoms with E-state index in [0.717, 1.165) is 11.1 Å². The average Bonchev–Trinajstić information content (AvgIpc) is 2.23. The third-order valence-corrected chi connectivity index (χ3v) is 2.00. The van der Waals surface area contributed by atoms with Crippen LogP contribution in [0.3, 0.4) is 0 Å². The highest BCUT2D eigenvalue weighted by Gasteiger charge is 1.98. The highest BCUT2D eigenvalue weighted by molar-refractivity contribution is 5.60. The Morgan fingerprint density at radius 2 is 2.00 bits per heavy atom. The summed E-state index contributed by atoms with van der Waals surface area (Å²) in [5, 5.41) is 7.47. The van der Waals surface area contributed by atoms with Crippen LogP contribution in [0, 0.1) is 0 Å². The molecule has 2 aromatic heterocycles. The van der Waals surface area contributed by atoms with Crippen LogP contribution in [0.2, 0.25) is 0 Å². The number of hydrogen-bond donors (Lipinski definition) is 0. The van der Waals surface area contributed by atoms with Gasteiger partial charge in [0, 0.05) is 24.9 Å². The minimum atomic E-state index is -0.0178. The fraction of sp³-hybridized carbons (Fsp3) is 0.100. The normalized spacial score (nSPS) is 10.1. The molecule has 2 aromatic rings. The van der Waals surface area contributed by atoms with E-state index in [4.69, 9.17) is 0 Å². The minimum absolute atomic E-state index is 0.0178. The van der Waals surface area contributed by atoms with Crippen LogP contribution in [0.4, 0.5) is 0 Å². The molecule has 0 aliphatic rings. The highest BCUT2D eigenvalue weighted by Crippen LogP contribution is 2.14. The first-order valence-corrected chi connectivity index (χ1v) is 4.21. The van der Waals surface area contributed by atoms with Crippen LogP contribution in [0.5, 0.6) is 0 Å². The Hall–Kier alpha value is -1.97. The molecule has 0 aliphatic carbocycles. The Bertz CT molecular complexity index is 490. The average molecular weight is 187 g/mol. The van der Waals surface area contributed by atoms with Gasteiger partial charge in [0.25, 0.3) is 0 Å². The molecular weight excluding hydrogens is 178 g/mol. The van der Waals surface area contributed by atoms with Crippen molar-refractivity contribution in [2.24, 2.45) is 7.05 Å². The fourth-order valence-corrected chi connectivity index (χ4v) is 1.23. The first kappa shape index (κ1) is 8.62. The summed E-state index contributed by atoms with van der Waals surface area (Å²) >= 11 is 0. The summed E-state index contributed by atoms with van der Waals surface area (Å²) in [5.41, 5.74) is 1.90. The van der Waals surface area contributed by atoms with Gasteiger partial charge in [-0.2, -0.15) is 10.2 Å². The van der Waals surface area contributed by atoms with Crippen LogP contribution in [0.1, 0.15) is 0 Å². The lowest BCUT2D eigenvalue weighted by Crippen LogP contribution is -2.13. The van der Waals surface area contributed by atoms with Crippen LogP contribution >= 0.6 is 0 Å². The minimum Gasteiger partial charge on any atom is -0.318 e. The lowest BCUT2D eigenvalue weighted by molar-refractivity contribution is 0.862. The van der Waals surface area contributed by atoms with Crippen molar-refractivity contribution in [3.63, 3.8) is 0 Å². The van der Waals surface area contributed by atoms with E-state index >= 15 is 0 Å². The van der Waals surface area contributed by atoms with Crippen molar-refractivity contribution in [3.8, 4) is 11.1 Å². The van der Waals surface area contributed by atoms with Gasteiger partial charge in [0.15, 0.2) is 0 Å². The van der Waals surface area contributed by atoms with E-state index in [9.17, 15) is 4.79 Å². The van der Waals surface area contributed by atoms with E-state index in [-0.39, 0.29) is 5.56 Å². The number of pyridine rings is 1. The molecule has 0 N–H and O–H groups in total. The van der Waals surface area contributed by atoms with Crippen LogP contribution in [0.15, 0.2) is 41.6 Å². The highest BCUT2D eigenvalue weighted by atomic mass is 16.1. The van der Waals surface area contributed by atoms with Crippen molar-refractivity contribution in [3.05, 3.63) is 47.1 Å². The Labute approximate surface area is 80.9 Å². The van der Waals surface area contributed by atoms with Crippen LogP contribution < -0.4 is 5.56 Å². The molecule has 2 heterocycles. The summed E-state index contributed by atoms with van der Waals surface area (Å²) in [7, 11) is 1.72. The first-order valence-electron chi connectivity index (χ1n) is 4.21. The summed E-state index contributed by atoms with van der Waals surface area (Å²) in [6, 6.07) is 5.17. The largest absolute Gasteiger partial charge is 0.318 e. The van der Waals surface area contributed by atoms with Crippen molar-refractivity contribution in [2.75, 3.05) is 0 Å². The summed E-state index contributed by atoms with van der Waals surface area (Å²) in [5.74, 6) is 0. The van der Waals surface area contributed by atoms with Crippen LogP contribution in [-0.2, 0) is 7.05 Å². The molecule has 0 aromatic carbocycles. The summed E-state index contributed by atoms with van der Waals surface area (Å²) in [4.78, 5) is 11.1. The van der Waals surface area contributed by atoms with Gasteiger partial charge in [-0.05, 0) is 17.7 Å². The zero-order valence-electron chi connectivity index (χ0n) is 7.71. The van der Waals surface area contributed by atoms with Crippen molar-refractivity contribution >= 4 is 0 Å². The molecule has 0 fully saturated rings. The van der Waals surface area contributed by atoms with Gasteiger partial charge in [0.1, 0.15) is 0 Å². The molecule has 0 aliphatic heterocycles. The molecule has 4 heteroatoms. The molecular formula is C10H9N3O. The summed E-state index contributed by atoms with van der Waals surface area (Å²) in [6.45, 7) is 0. The van der Waals surface area contributed by atoms with E-state index in [0.29, 0.717) is 0 Å². The molecule has 0 saturated heterocycles. The summed E-state index contributed by atoms with van der Waals surface area (Å²) in [6.07, 6.45) is 5.07. The van der Waals surface area contributed by atoms with Gasteiger partial charge in [-0.15, -0.1) is 0 Å². The zero-order chi connectivity index (χ0) is 9.97.